The van der Waals surface area contributed by atoms with E-state index in [-0.39, 0.29) is 31.1 Å². The second kappa shape index (κ2) is 8.90. The summed E-state index contributed by atoms with van der Waals surface area (Å²) in [4.78, 5) is 43.7. The predicted molar refractivity (Wildman–Crippen MR) is 125 cm³/mol. The number of nitrogens with zero attached hydrogens (tertiary/aromatic N) is 3. The molecule has 3 aromatic rings. The number of likely N-dealkylation sites (tertiary alicyclic amines) is 1. The van der Waals surface area contributed by atoms with Gasteiger partial charge in [-0.1, -0.05) is 30.3 Å². The summed E-state index contributed by atoms with van der Waals surface area (Å²) in [5, 5.41) is 7.85. The fourth-order valence-corrected chi connectivity index (χ4v) is 4.65. The highest BCUT2D eigenvalue weighted by Crippen LogP contribution is 2.33. The zero-order valence-corrected chi connectivity index (χ0v) is 18.2. The van der Waals surface area contributed by atoms with Crippen LogP contribution in [-0.2, 0) is 11.3 Å². The van der Waals surface area contributed by atoms with Crippen LogP contribution in [0.4, 0.5) is 15.3 Å². The molecule has 2 N–H and O–H groups in total. The Kier molecular flexibility index (Phi) is 5.64. The Hall–Kier alpha value is -3.94. The van der Waals surface area contributed by atoms with Crippen LogP contribution in [0.1, 0.15) is 29.9 Å². The van der Waals surface area contributed by atoms with Gasteiger partial charge in [0.1, 0.15) is 0 Å². The molecule has 0 bridgehead atoms. The zero-order chi connectivity index (χ0) is 22.8. The Morgan fingerprint density at radius 1 is 1.09 bits per heavy atom. The SMILES string of the molecule is O=C(Nc1cccc(CN2C(=O)CNC2=O)c1)N1CCC(c2cccc3cnccc23)CC1. The van der Waals surface area contributed by atoms with E-state index in [1.807, 2.05) is 35.5 Å². The second-order valence-corrected chi connectivity index (χ2v) is 8.47. The van der Waals surface area contributed by atoms with Gasteiger partial charge in [-0.3, -0.25) is 14.7 Å². The number of anilines is 1. The van der Waals surface area contributed by atoms with Gasteiger partial charge >= 0.3 is 12.1 Å². The number of rotatable bonds is 4. The van der Waals surface area contributed by atoms with E-state index in [9.17, 15) is 14.4 Å². The molecule has 168 valence electrons. The van der Waals surface area contributed by atoms with E-state index in [2.05, 4.69) is 39.9 Å². The predicted octanol–water partition coefficient (Wildman–Crippen LogP) is 3.70. The first-order chi connectivity index (χ1) is 16.1. The minimum atomic E-state index is -0.389. The second-order valence-electron chi connectivity index (χ2n) is 8.47. The van der Waals surface area contributed by atoms with Crippen LogP contribution in [0.25, 0.3) is 10.8 Å². The van der Waals surface area contributed by atoms with E-state index < -0.39 is 0 Å². The normalized spacial score (nSPS) is 16.8. The minimum absolute atomic E-state index is 0.0286. The van der Waals surface area contributed by atoms with Crippen molar-refractivity contribution in [1.82, 2.24) is 20.1 Å². The van der Waals surface area contributed by atoms with E-state index in [4.69, 9.17) is 0 Å². The van der Waals surface area contributed by atoms with Gasteiger partial charge in [-0.15, -0.1) is 0 Å². The standard InChI is InChI=1S/C25H25N5O3/c31-23-15-27-24(32)30(23)16-17-3-1-5-20(13-17)28-25(33)29-11-8-18(9-12-29)21-6-2-4-19-14-26-10-7-22(19)21/h1-7,10,13-14,18H,8-9,11-12,15-16H2,(H,27,32)(H,28,33). The Labute approximate surface area is 191 Å². The summed E-state index contributed by atoms with van der Waals surface area (Å²) in [6, 6.07) is 15.1. The first-order valence-corrected chi connectivity index (χ1v) is 11.1. The van der Waals surface area contributed by atoms with Crippen LogP contribution in [0.3, 0.4) is 0 Å². The number of carbonyl (C=O) groups excluding carboxylic acids is 3. The molecule has 0 atom stereocenters. The highest BCUT2D eigenvalue weighted by atomic mass is 16.2. The maximum Gasteiger partial charge on any atom is 0.324 e. The van der Waals surface area contributed by atoms with Crippen LogP contribution in [0, 0.1) is 0 Å². The van der Waals surface area contributed by atoms with Crippen molar-refractivity contribution in [3.63, 3.8) is 0 Å². The molecule has 8 nitrogen and oxygen atoms in total. The molecule has 0 spiro atoms. The van der Waals surface area contributed by atoms with Gasteiger partial charge in [0.05, 0.1) is 13.1 Å². The van der Waals surface area contributed by atoms with E-state index in [1.54, 1.807) is 6.07 Å². The monoisotopic (exact) mass is 443 g/mol. The fraction of sp³-hybridized carbons (Fsp3) is 0.280. The minimum Gasteiger partial charge on any atom is -0.329 e. The molecule has 2 aliphatic rings. The third-order valence-corrected chi connectivity index (χ3v) is 6.39. The lowest BCUT2D eigenvalue weighted by molar-refractivity contribution is -0.125. The van der Waals surface area contributed by atoms with Gasteiger partial charge < -0.3 is 15.5 Å². The summed E-state index contributed by atoms with van der Waals surface area (Å²) in [6.07, 6.45) is 5.53. The van der Waals surface area contributed by atoms with Crippen molar-refractivity contribution in [2.24, 2.45) is 0 Å². The van der Waals surface area contributed by atoms with Gasteiger partial charge in [0.2, 0.25) is 5.91 Å². The molecule has 2 aliphatic heterocycles. The van der Waals surface area contributed by atoms with E-state index in [1.165, 1.54) is 15.8 Å². The molecule has 8 heteroatoms. The molecule has 2 aromatic carbocycles. The van der Waals surface area contributed by atoms with Crippen molar-refractivity contribution in [3.8, 4) is 0 Å². The van der Waals surface area contributed by atoms with E-state index >= 15 is 0 Å². The summed E-state index contributed by atoms with van der Waals surface area (Å²) < 4.78 is 0. The van der Waals surface area contributed by atoms with Crippen molar-refractivity contribution in [3.05, 3.63) is 72.1 Å². The average molecular weight is 444 g/mol. The molecular weight excluding hydrogens is 418 g/mol. The third-order valence-electron chi connectivity index (χ3n) is 6.39. The van der Waals surface area contributed by atoms with Crippen LogP contribution >= 0.6 is 0 Å². The first-order valence-electron chi connectivity index (χ1n) is 11.1. The van der Waals surface area contributed by atoms with Gasteiger partial charge in [0.15, 0.2) is 0 Å². The van der Waals surface area contributed by atoms with E-state index in [0.29, 0.717) is 24.7 Å². The summed E-state index contributed by atoms with van der Waals surface area (Å²) in [7, 11) is 0. The van der Waals surface area contributed by atoms with Crippen molar-refractivity contribution < 1.29 is 14.4 Å². The Morgan fingerprint density at radius 3 is 2.70 bits per heavy atom. The number of amides is 5. The van der Waals surface area contributed by atoms with Crippen molar-refractivity contribution in [2.75, 3.05) is 25.0 Å². The number of aromatic nitrogens is 1. The lowest BCUT2D eigenvalue weighted by Crippen LogP contribution is -2.40. The first kappa shape index (κ1) is 20.9. The molecular formula is C25H25N5O3. The highest BCUT2D eigenvalue weighted by Gasteiger charge is 2.28. The molecule has 0 aliphatic carbocycles. The number of carbonyl (C=O) groups is 3. The van der Waals surface area contributed by atoms with Crippen LogP contribution in [-0.4, -0.2) is 52.4 Å². The lowest BCUT2D eigenvalue weighted by atomic mass is 9.87. The number of urea groups is 2. The quantitative estimate of drug-likeness (QED) is 0.601. The van der Waals surface area contributed by atoms with Gasteiger partial charge in [-0.05, 0) is 53.5 Å². The lowest BCUT2D eigenvalue weighted by Gasteiger charge is -2.32. The molecule has 2 saturated heterocycles. The van der Waals surface area contributed by atoms with Crippen LogP contribution in [0.5, 0.6) is 0 Å². The molecule has 2 fully saturated rings. The molecule has 33 heavy (non-hydrogen) atoms. The molecule has 0 saturated carbocycles. The number of piperidine rings is 1. The van der Waals surface area contributed by atoms with Gasteiger partial charge in [0, 0.05) is 36.6 Å². The van der Waals surface area contributed by atoms with Crippen molar-refractivity contribution >= 4 is 34.4 Å². The van der Waals surface area contributed by atoms with Crippen LogP contribution in [0.15, 0.2) is 60.9 Å². The Balaban J connectivity index is 1.20. The average Bonchev–Trinajstić information content (AvgIpc) is 3.16. The van der Waals surface area contributed by atoms with Crippen LogP contribution in [0.2, 0.25) is 0 Å². The molecule has 5 amide bonds. The molecule has 0 unspecified atom stereocenters. The highest BCUT2D eigenvalue weighted by molar-refractivity contribution is 6.01. The fourth-order valence-electron chi connectivity index (χ4n) is 4.65. The number of nitrogens with one attached hydrogen (secondary N) is 2. The number of fused-ring (bicyclic) bond motifs is 1. The smallest absolute Gasteiger partial charge is 0.324 e. The van der Waals surface area contributed by atoms with Crippen LogP contribution < -0.4 is 10.6 Å². The molecule has 5 rings (SSSR count). The number of hydrogen-bond acceptors (Lipinski definition) is 4. The number of hydrogen-bond donors (Lipinski definition) is 2. The summed E-state index contributed by atoms with van der Waals surface area (Å²) in [5.74, 6) is 0.160. The molecule has 0 radical (unpaired) electrons. The number of benzene rings is 2. The van der Waals surface area contributed by atoms with Gasteiger partial charge in [0.25, 0.3) is 0 Å². The zero-order valence-electron chi connectivity index (χ0n) is 18.2. The van der Waals surface area contributed by atoms with Gasteiger partial charge in [-0.2, -0.15) is 0 Å². The maximum atomic E-state index is 12.9. The topological polar surface area (TPSA) is 94.6 Å². The third kappa shape index (κ3) is 4.37. The number of pyridine rings is 1. The maximum absolute atomic E-state index is 12.9. The summed E-state index contributed by atoms with van der Waals surface area (Å²) in [5.41, 5.74) is 2.75. The molecule has 3 heterocycles. The Bertz CT molecular complexity index is 1200. The number of imide groups is 1. The Morgan fingerprint density at radius 2 is 1.91 bits per heavy atom. The largest absolute Gasteiger partial charge is 0.329 e. The van der Waals surface area contributed by atoms with Crippen molar-refractivity contribution in [1.29, 1.82) is 0 Å². The summed E-state index contributed by atoms with van der Waals surface area (Å²) in [6.45, 7) is 1.57. The molecule has 1 aromatic heterocycles. The van der Waals surface area contributed by atoms with E-state index in [0.717, 1.165) is 23.8 Å². The summed E-state index contributed by atoms with van der Waals surface area (Å²) >= 11 is 0. The van der Waals surface area contributed by atoms with Crippen molar-refractivity contribution in [2.45, 2.75) is 25.3 Å². The van der Waals surface area contributed by atoms with Gasteiger partial charge in [-0.25, -0.2) is 9.59 Å².